The number of piperidine rings is 1. The summed E-state index contributed by atoms with van der Waals surface area (Å²) in [6.07, 6.45) is 7.56. The molecule has 0 spiro atoms. The number of likely N-dealkylation sites (tertiary alicyclic amines) is 1. The molecule has 2 aromatic heterocycles. The Labute approximate surface area is 241 Å². The van der Waals surface area contributed by atoms with Gasteiger partial charge in [-0.3, -0.25) is 14.7 Å². The van der Waals surface area contributed by atoms with Crippen molar-refractivity contribution in [3.05, 3.63) is 59.9 Å². The van der Waals surface area contributed by atoms with Crippen LogP contribution in [0, 0.1) is 5.41 Å². The fraction of sp³-hybridized carbons (Fsp3) is 0.516. The second-order valence-electron chi connectivity index (χ2n) is 10.8. The van der Waals surface area contributed by atoms with Crippen LogP contribution in [-0.2, 0) is 22.5 Å². The number of carbonyl (C=O) groups is 1. The van der Waals surface area contributed by atoms with Gasteiger partial charge in [0.25, 0.3) is 0 Å². The van der Waals surface area contributed by atoms with Crippen LogP contribution in [0.25, 0.3) is 10.9 Å². The molecule has 1 N–H and O–H groups in total. The average Bonchev–Trinajstić information content (AvgIpc) is 2.99. The van der Waals surface area contributed by atoms with Crippen molar-refractivity contribution >= 4 is 28.6 Å². The monoisotopic (exact) mass is 564 g/mol. The molecule has 2 aliphatic rings. The van der Waals surface area contributed by atoms with Crippen LogP contribution in [0.4, 0.5) is 0 Å². The average molecular weight is 565 g/mol. The summed E-state index contributed by atoms with van der Waals surface area (Å²) in [6, 6.07) is 12.0. The van der Waals surface area contributed by atoms with Gasteiger partial charge in [0.2, 0.25) is 0 Å². The van der Waals surface area contributed by atoms with Gasteiger partial charge in [-0.25, -0.2) is 4.98 Å². The predicted molar refractivity (Wildman–Crippen MR) is 158 cm³/mol. The first-order chi connectivity index (χ1) is 19.6. The van der Waals surface area contributed by atoms with Crippen molar-refractivity contribution in [3.8, 4) is 5.75 Å². The predicted octanol–water partition coefficient (Wildman–Crippen LogP) is 4.75. The van der Waals surface area contributed by atoms with E-state index in [0.717, 1.165) is 92.8 Å². The van der Waals surface area contributed by atoms with E-state index in [9.17, 15) is 9.90 Å². The van der Waals surface area contributed by atoms with Crippen LogP contribution in [0.2, 0.25) is 0 Å². The van der Waals surface area contributed by atoms with Gasteiger partial charge in [0.15, 0.2) is 0 Å². The Balaban J connectivity index is 1.23. The minimum Gasteiger partial charge on any atom is -0.497 e. The van der Waals surface area contributed by atoms with E-state index in [1.807, 2.05) is 42.7 Å². The molecule has 2 aliphatic heterocycles. The number of rotatable bonds is 12. The molecule has 214 valence electrons. The summed E-state index contributed by atoms with van der Waals surface area (Å²) in [6.45, 7) is 6.76. The largest absolute Gasteiger partial charge is 0.497 e. The Bertz CT molecular complexity index is 1260. The summed E-state index contributed by atoms with van der Waals surface area (Å²) in [5, 5.41) is 12.5. The highest BCUT2D eigenvalue weighted by atomic mass is 32.2. The number of aliphatic carboxylic acids is 1. The van der Waals surface area contributed by atoms with Crippen molar-refractivity contribution in [3.63, 3.8) is 0 Å². The SMILES string of the molecule is COc1ccc2ncc(CN3CCOCC3)c(CCCC3(C(=O)O)CCN(CCSc4ccccn4)CC3)c2c1. The van der Waals surface area contributed by atoms with Gasteiger partial charge in [0.1, 0.15) is 5.75 Å². The lowest BCUT2D eigenvalue weighted by molar-refractivity contribution is -0.152. The number of morpholine rings is 1. The third-order valence-electron chi connectivity index (χ3n) is 8.42. The molecule has 0 atom stereocenters. The number of hydrogen-bond donors (Lipinski definition) is 1. The quantitative estimate of drug-likeness (QED) is 0.313. The minimum atomic E-state index is -0.657. The first-order valence-electron chi connectivity index (χ1n) is 14.3. The molecule has 0 bridgehead atoms. The zero-order valence-electron chi connectivity index (χ0n) is 23.4. The van der Waals surface area contributed by atoms with E-state index in [1.54, 1.807) is 18.9 Å². The summed E-state index contributed by atoms with van der Waals surface area (Å²) in [7, 11) is 1.69. The number of carboxylic acid groups (broad SMARTS) is 1. The molecule has 40 heavy (non-hydrogen) atoms. The van der Waals surface area contributed by atoms with Gasteiger partial charge in [-0.15, -0.1) is 11.8 Å². The number of aromatic nitrogens is 2. The number of carboxylic acids is 1. The molecule has 0 radical (unpaired) electrons. The molecule has 0 unspecified atom stereocenters. The maximum atomic E-state index is 12.6. The van der Waals surface area contributed by atoms with Crippen molar-refractivity contribution in [1.29, 1.82) is 0 Å². The highest BCUT2D eigenvalue weighted by molar-refractivity contribution is 7.99. The smallest absolute Gasteiger partial charge is 0.309 e. The van der Waals surface area contributed by atoms with Crippen LogP contribution in [-0.4, -0.2) is 89.6 Å². The Morgan fingerprint density at radius 1 is 1.10 bits per heavy atom. The number of thioether (sulfide) groups is 1. The zero-order valence-corrected chi connectivity index (χ0v) is 24.2. The lowest BCUT2D eigenvalue weighted by Gasteiger charge is -2.39. The molecule has 4 heterocycles. The molecule has 2 saturated heterocycles. The Morgan fingerprint density at radius 2 is 1.93 bits per heavy atom. The van der Waals surface area contributed by atoms with Gasteiger partial charge in [-0.1, -0.05) is 6.07 Å². The van der Waals surface area contributed by atoms with E-state index in [-0.39, 0.29) is 0 Å². The standard InChI is InChI=1S/C31H40N4O4S/c1-38-25-7-8-28-27(21-25)26(24(22-33-28)23-35-15-18-39-19-16-35)5-4-9-31(30(36)37)10-13-34(14-11-31)17-20-40-29-6-2-3-12-32-29/h2-3,6-8,12,21-22H,4-5,9-11,13-20,23H2,1H3,(H,36,37). The number of pyridine rings is 2. The first kappa shape index (κ1) is 28.8. The number of methoxy groups -OCH3 is 1. The van der Waals surface area contributed by atoms with Crippen LogP contribution in [0.3, 0.4) is 0 Å². The van der Waals surface area contributed by atoms with Gasteiger partial charge in [-0.2, -0.15) is 0 Å². The maximum Gasteiger partial charge on any atom is 0.309 e. The molecule has 0 saturated carbocycles. The van der Waals surface area contributed by atoms with E-state index >= 15 is 0 Å². The molecule has 8 nitrogen and oxygen atoms in total. The Kier molecular flexibility index (Phi) is 9.91. The van der Waals surface area contributed by atoms with Crippen LogP contribution < -0.4 is 4.74 Å². The Hall–Kier alpha value is -2.72. The third-order valence-corrected chi connectivity index (χ3v) is 9.34. The highest BCUT2D eigenvalue weighted by Crippen LogP contribution is 2.38. The highest BCUT2D eigenvalue weighted by Gasteiger charge is 2.40. The summed E-state index contributed by atoms with van der Waals surface area (Å²) >= 11 is 1.76. The molecule has 1 aromatic carbocycles. The van der Waals surface area contributed by atoms with Gasteiger partial charge in [-0.05, 0) is 86.7 Å². The Morgan fingerprint density at radius 3 is 2.65 bits per heavy atom. The van der Waals surface area contributed by atoms with Crippen LogP contribution in [0.1, 0.15) is 36.8 Å². The lowest BCUT2D eigenvalue weighted by Crippen LogP contribution is -2.45. The molecular formula is C31H40N4O4S. The normalized spacial score (nSPS) is 18.1. The lowest BCUT2D eigenvalue weighted by atomic mass is 9.74. The summed E-state index contributed by atoms with van der Waals surface area (Å²) in [4.78, 5) is 26.5. The van der Waals surface area contributed by atoms with Crippen LogP contribution >= 0.6 is 11.8 Å². The minimum absolute atomic E-state index is 0.648. The van der Waals surface area contributed by atoms with Crippen molar-refractivity contribution in [2.75, 3.05) is 58.8 Å². The molecular weight excluding hydrogens is 524 g/mol. The second kappa shape index (κ2) is 13.8. The molecule has 0 amide bonds. The fourth-order valence-electron chi connectivity index (χ4n) is 5.92. The van der Waals surface area contributed by atoms with E-state index in [1.165, 1.54) is 11.1 Å². The number of ether oxygens (including phenoxy) is 2. The number of aryl methyl sites for hydroxylation is 1. The molecule has 2 fully saturated rings. The summed E-state index contributed by atoms with van der Waals surface area (Å²) in [5.41, 5.74) is 2.77. The molecule has 0 aliphatic carbocycles. The van der Waals surface area contributed by atoms with Crippen LogP contribution in [0.15, 0.2) is 53.8 Å². The van der Waals surface area contributed by atoms with Crippen molar-refractivity contribution in [2.45, 2.75) is 43.7 Å². The summed E-state index contributed by atoms with van der Waals surface area (Å²) in [5.74, 6) is 1.13. The fourth-order valence-corrected chi connectivity index (χ4v) is 6.79. The molecule has 9 heteroatoms. The molecule has 5 rings (SSSR count). The van der Waals surface area contributed by atoms with E-state index in [2.05, 4.69) is 20.9 Å². The van der Waals surface area contributed by atoms with Gasteiger partial charge < -0.3 is 19.5 Å². The van der Waals surface area contributed by atoms with E-state index in [4.69, 9.17) is 14.5 Å². The van der Waals surface area contributed by atoms with Crippen molar-refractivity contribution < 1.29 is 19.4 Å². The second-order valence-corrected chi connectivity index (χ2v) is 11.9. The molecule has 3 aromatic rings. The van der Waals surface area contributed by atoms with Crippen LogP contribution in [0.5, 0.6) is 5.75 Å². The number of benzene rings is 1. The third kappa shape index (κ3) is 7.13. The number of nitrogens with zero attached hydrogens (tertiary/aromatic N) is 4. The van der Waals surface area contributed by atoms with Gasteiger partial charge in [0, 0.05) is 49.7 Å². The zero-order chi connectivity index (χ0) is 27.8. The number of fused-ring (bicyclic) bond motifs is 1. The maximum absolute atomic E-state index is 12.6. The van der Waals surface area contributed by atoms with Crippen molar-refractivity contribution in [1.82, 2.24) is 19.8 Å². The number of hydrogen-bond acceptors (Lipinski definition) is 8. The van der Waals surface area contributed by atoms with E-state index in [0.29, 0.717) is 19.3 Å². The van der Waals surface area contributed by atoms with Gasteiger partial charge in [0.05, 0.1) is 36.3 Å². The topological polar surface area (TPSA) is 88.0 Å². The van der Waals surface area contributed by atoms with Gasteiger partial charge >= 0.3 is 5.97 Å². The summed E-state index contributed by atoms with van der Waals surface area (Å²) < 4.78 is 11.1. The van der Waals surface area contributed by atoms with Crippen molar-refractivity contribution in [2.24, 2.45) is 5.41 Å². The first-order valence-corrected chi connectivity index (χ1v) is 15.3. The van der Waals surface area contributed by atoms with E-state index < -0.39 is 11.4 Å².